The number of hydrogen-bond acceptors (Lipinski definition) is 8. The number of fused-ring (bicyclic) bond motifs is 1. The molecule has 3 unspecified atom stereocenters. The third-order valence-electron chi connectivity index (χ3n) is 4.70. The fourth-order valence-electron chi connectivity index (χ4n) is 3.50. The minimum absolute atomic E-state index is 0.0346. The van der Waals surface area contributed by atoms with E-state index in [0.717, 1.165) is 9.13 Å². The first kappa shape index (κ1) is 22.0. The molecule has 0 spiro atoms. The smallest absolute Gasteiger partial charge is 0.333 e. The summed E-state index contributed by atoms with van der Waals surface area (Å²) in [6, 6.07) is 0. The number of anilines is 1. The summed E-state index contributed by atoms with van der Waals surface area (Å²) in [6.07, 6.45) is 2.45. The van der Waals surface area contributed by atoms with Crippen molar-refractivity contribution < 1.29 is 23.9 Å². The maximum absolute atomic E-state index is 13.2. The van der Waals surface area contributed by atoms with Crippen LogP contribution in [0.15, 0.2) is 9.59 Å². The van der Waals surface area contributed by atoms with Gasteiger partial charge in [0.1, 0.15) is 12.2 Å². The third-order valence-corrected chi connectivity index (χ3v) is 4.70. The van der Waals surface area contributed by atoms with Gasteiger partial charge in [-0.2, -0.15) is 4.98 Å². The number of imidazole rings is 1. The van der Waals surface area contributed by atoms with Gasteiger partial charge in [-0.25, -0.2) is 9.36 Å². The van der Waals surface area contributed by atoms with Crippen LogP contribution in [0.1, 0.15) is 39.8 Å². The molecule has 2 aromatic rings. The number of nitrogens with one attached hydrogen (secondary N) is 2. The number of esters is 1. The van der Waals surface area contributed by atoms with Crippen LogP contribution in [-0.2, 0) is 30.4 Å². The molecule has 1 saturated heterocycles. The molecule has 0 aliphatic carbocycles. The number of aromatic nitrogens is 4. The number of rotatable bonds is 6. The number of terminal acetylenes is 1. The number of ether oxygens (including phenoxy) is 2. The van der Waals surface area contributed by atoms with E-state index in [9.17, 15) is 24.0 Å². The van der Waals surface area contributed by atoms with Gasteiger partial charge in [-0.15, -0.1) is 6.42 Å². The fourth-order valence-corrected chi connectivity index (χ4v) is 3.50. The average molecular weight is 431 g/mol. The van der Waals surface area contributed by atoms with Crippen LogP contribution in [0.4, 0.5) is 5.95 Å². The van der Waals surface area contributed by atoms with Crippen LogP contribution in [0.5, 0.6) is 0 Å². The van der Waals surface area contributed by atoms with Crippen LogP contribution >= 0.6 is 0 Å². The van der Waals surface area contributed by atoms with E-state index in [4.69, 9.17) is 15.9 Å². The van der Waals surface area contributed by atoms with E-state index in [1.54, 1.807) is 6.92 Å². The normalized spacial score (nSPS) is 20.4. The lowest BCUT2D eigenvalue weighted by molar-refractivity contribution is -0.152. The highest BCUT2D eigenvalue weighted by atomic mass is 16.6. The van der Waals surface area contributed by atoms with E-state index in [2.05, 4.69) is 21.2 Å². The molecule has 12 heteroatoms. The van der Waals surface area contributed by atoms with Crippen molar-refractivity contribution in [2.24, 2.45) is 0 Å². The van der Waals surface area contributed by atoms with Crippen LogP contribution in [0.3, 0.4) is 0 Å². The second-order valence-corrected chi connectivity index (χ2v) is 6.93. The molecule has 0 radical (unpaired) electrons. The summed E-state index contributed by atoms with van der Waals surface area (Å²) in [6.45, 7) is 3.83. The van der Waals surface area contributed by atoms with Gasteiger partial charge in [0, 0.05) is 26.7 Å². The predicted molar refractivity (Wildman–Crippen MR) is 107 cm³/mol. The second-order valence-electron chi connectivity index (χ2n) is 6.93. The zero-order chi connectivity index (χ0) is 22.9. The lowest BCUT2D eigenvalue weighted by Gasteiger charge is -2.19. The van der Waals surface area contributed by atoms with Crippen LogP contribution < -0.4 is 16.6 Å². The molecule has 12 nitrogen and oxygen atoms in total. The number of amides is 1. The molecule has 2 aromatic heterocycles. The molecule has 1 aliphatic rings. The first-order valence-corrected chi connectivity index (χ1v) is 9.49. The highest BCUT2D eigenvalue weighted by molar-refractivity contribution is 5.87. The summed E-state index contributed by atoms with van der Waals surface area (Å²) < 4.78 is 13.1. The van der Waals surface area contributed by atoms with E-state index in [1.807, 2.05) is 0 Å². The van der Waals surface area contributed by atoms with Gasteiger partial charge in [-0.05, 0) is 0 Å². The van der Waals surface area contributed by atoms with Crippen molar-refractivity contribution in [2.75, 3.05) is 5.32 Å². The number of nitrogens with zero attached hydrogens (tertiary/aromatic N) is 3. The van der Waals surface area contributed by atoms with Gasteiger partial charge in [0.25, 0.3) is 5.56 Å². The molecule has 1 aliphatic heterocycles. The Kier molecular flexibility index (Phi) is 6.07. The van der Waals surface area contributed by atoms with Gasteiger partial charge in [-0.1, -0.05) is 12.8 Å². The third kappa shape index (κ3) is 4.13. The maximum atomic E-state index is 13.2. The van der Waals surface area contributed by atoms with E-state index in [0.29, 0.717) is 0 Å². The molecule has 164 valence electrons. The summed E-state index contributed by atoms with van der Waals surface area (Å²) in [4.78, 5) is 67.6. The number of hydrogen-bond donors (Lipinski definition) is 2. The van der Waals surface area contributed by atoms with Gasteiger partial charge in [0.05, 0.1) is 6.54 Å². The minimum Gasteiger partial charge on any atom is -0.458 e. The number of carbonyl (C=O) groups is 3. The monoisotopic (exact) mass is 431 g/mol. The first-order valence-electron chi connectivity index (χ1n) is 9.49. The van der Waals surface area contributed by atoms with E-state index >= 15 is 0 Å². The van der Waals surface area contributed by atoms with Gasteiger partial charge in [0.15, 0.2) is 23.2 Å². The highest BCUT2D eigenvalue weighted by Gasteiger charge is 2.43. The molecule has 0 bridgehead atoms. The summed E-state index contributed by atoms with van der Waals surface area (Å²) >= 11 is 0. The number of ketones is 1. The first-order chi connectivity index (χ1) is 14.7. The van der Waals surface area contributed by atoms with Gasteiger partial charge in [0.2, 0.25) is 11.9 Å². The molecular weight excluding hydrogens is 410 g/mol. The summed E-state index contributed by atoms with van der Waals surface area (Å²) in [7, 11) is 0. The molecule has 3 heterocycles. The molecule has 3 atom stereocenters. The highest BCUT2D eigenvalue weighted by Crippen LogP contribution is 2.33. The van der Waals surface area contributed by atoms with Gasteiger partial charge >= 0.3 is 11.7 Å². The van der Waals surface area contributed by atoms with Crippen molar-refractivity contribution >= 4 is 34.8 Å². The quantitative estimate of drug-likeness (QED) is 0.466. The Morgan fingerprint density at radius 2 is 2.06 bits per heavy atom. The molecule has 31 heavy (non-hydrogen) atoms. The second kappa shape index (κ2) is 8.57. The number of carbonyl (C=O) groups excluding carboxylic acids is 3. The summed E-state index contributed by atoms with van der Waals surface area (Å²) in [5.41, 5.74) is -1.74. The molecule has 0 saturated carbocycles. The van der Waals surface area contributed by atoms with E-state index in [1.165, 1.54) is 13.8 Å². The van der Waals surface area contributed by atoms with E-state index < -0.39 is 41.6 Å². The minimum atomic E-state index is -1.22. The molecule has 3 rings (SSSR count). The van der Waals surface area contributed by atoms with Crippen molar-refractivity contribution in [2.45, 2.75) is 58.6 Å². The average Bonchev–Trinajstić information content (AvgIpc) is 3.19. The Morgan fingerprint density at radius 1 is 1.35 bits per heavy atom. The lowest BCUT2D eigenvalue weighted by atomic mass is 10.1. The maximum Gasteiger partial charge on any atom is 0.333 e. The largest absolute Gasteiger partial charge is 0.458 e. The number of aromatic amines is 1. The standard InChI is InChI=1S/C19H21N5O7/c1-5-7-23-14-15(21-18(20-9(3)25)22-16(14)28)24(19(23)29)17-13(30-10(4)26)8-12(31-17)11(27)6-2/h1,12-13,17H,6-8H2,2-4H3,(H2,20,21,22,25,28). The molecule has 1 fully saturated rings. The van der Waals surface area contributed by atoms with Crippen molar-refractivity contribution in [1.29, 1.82) is 0 Å². The van der Waals surface area contributed by atoms with Crippen molar-refractivity contribution in [3.8, 4) is 12.3 Å². The Bertz CT molecular complexity index is 1220. The Balaban J connectivity index is 2.25. The lowest BCUT2D eigenvalue weighted by Crippen LogP contribution is -2.33. The zero-order valence-electron chi connectivity index (χ0n) is 17.1. The number of H-pyrrole nitrogens is 1. The van der Waals surface area contributed by atoms with Crippen LogP contribution in [0.25, 0.3) is 11.2 Å². The van der Waals surface area contributed by atoms with Gasteiger partial charge in [-0.3, -0.25) is 34.0 Å². The topological polar surface area (TPSA) is 154 Å². The predicted octanol–water partition coefficient (Wildman–Crippen LogP) is -0.324. The molecule has 1 amide bonds. The van der Waals surface area contributed by atoms with Crippen LogP contribution in [0.2, 0.25) is 0 Å². The van der Waals surface area contributed by atoms with Gasteiger partial charge < -0.3 is 9.47 Å². The van der Waals surface area contributed by atoms with Crippen molar-refractivity contribution in [1.82, 2.24) is 19.1 Å². The molecule has 0 aromatic carbocycles. The Morgan fingerprint density at radius 3 is 2.65 bits per heavy atom. The van der Waals surface area contributed by atoms with E-state index in [-0.39, 0.29) is 42.3 Å². The van der Waals surface area contributed by atoms with Crippen LogP contribution in [0, 0.1) is 12.3 Å². The fraction of sp³-hybridized carbons (Fsp3) is 0.474. The Hall–Kier alpha value is -3.72. The van der Waals surface area contributed by atoms with Crippen molar-refractivity contribution in [3.05, 3.63) is 20.8 Å². The number of Topliss-reactive ketones (excluding diaryl/α,β-unsaturated/α-hetero) is 1. The van der Waals surface area contributed by atoms with Crippen LogP contribution in [-0.4, -0.2) is 49.0 Å². The Labute approximate surface area is 175 Å². The molecular formula is C19H21N5O7. The SMILES string of the molecule is C#CCn1c(=O)n(C2OC(C(=O)CC)CC2OC(C)=O)c2nc(NC(C)=O)[nH]c(=O)c21. The zero-order valence-corrected chi connectivity index (χ0v) is 17.1. The summed E-state index contributed by atoms with van der Waals surface area (Å²) in [5, 5.41) is 2.35. The molecule has 2 N–H and O–H groups in total. The summed E-state index contributed by atoms with van der Waals surface area (Å²) in [5.74, 6) is 0.739. The van der Waals surface area contributed by atoms with Crippen molar-refractivity contribution in [3.63, 3.8) is 0 Å².